The highest BCUT2D eigenvalue weighted by Gasteiger charge is 2.17. The minimum atomic E-state index is 0.371. The Kier molecular flexibility index (Phi) is 3.42. The van der Waals surface area contributed by atoms with Gasteiger partial charge in [0.25, 0.3) is 0 Å². The van der Waals surface area contributed by atoms with Crippen molar-refractivity contribution < 1.29 is 0 Å². The third-order valence-corrected chi connectivity index (χ3v) is 2.95. The van der Waals surface area contributed by atoms with E-state index < -0.39 is 0 Å². The Bertz CT molecular complexity index is 386. The second kappa shape index (κ2) is 5.00. The van der Waals surface area contributed by atoms with Gasteiger partial charge in [-0.2, -0.15) is 0 Å². The summed E-state index contributed by atoms with van der Waals surface area (Å²) in [4.78, 5) is 0. The highest BCUT2D eigenvalue weighted by atomic mass is 14.9. The molecule has 0 aromatic heterocycles. The highest BCUT2D eigenvalue weighted by molar-refractivity contribution is 5.31. The lowest BCUT2D eigenvalue weighted by Gasteiger charge is -2.23. The van der Waals surface area contributed by atoms with Gasteiger partial charge in [0, 0.05) is 5.57 Å². The van der Waals surface area contributed by atoms with Crippen LogP contribution < -0.4 is 5.32 Å². The van der Waals surface area contributed by atoms with E-state index in [-0.39, 0.29) is 0 Å². The van der Waals surface area contributed by atoms with Gasteiger partial charge in [0.2, 0.25) is 0 Å². The molecule has 0 radical (unpaired) electrons. The SMILES string of the molecule is CNC(C1=C=C=CCC1)C1=CC=CCC1. The molecule has 2 aliphatic carbocycles. The Morgan fingerprint density at radius 1 is 1.33 bits per heavy atom. The fourth-order valence-electron chi connectivity index (χ4n) is 2.17. The van der Waals surface area contributed by atoms with E-state index >= 15 is 0 Å². The largest absolute Gasteiger partial charge is 0.309 e. The van der Waals surface area contributed by atoms with E-state index in [1.54, 1.807) is 0 Å². The maximum atomic E-state index is 3.39. The van der Waals surface area contributed by atoms with Gasteiger partial charge in [-0.1, -0.05) is 29.7 Å². The molecule has 0 amide bonds. The van der Waals surface area contributed by atoms with Crippen LogP contribution in [0.4, 0.5) is 0 Å². The molecule has 15 heavy (non-hydrogen) atoms. The van der Waals surface area contributed by atoms with E-state index in [2.05, 4.69) is 41.1 Å². The summed E-state index contributed by atoms with van der Waals surface area (Å²) in [7, 11) is 2.02. The summed E-state index contributed by atoms with van der Waals surface area (Å²) in [6, 6.07) is 0.371. The van der Waals surface area contributed by atoms with Crippen LogP contribution in [0.5, 0.6) is 0 Å². The molecule has 0 aromatic rings. The first-order valence-electron chi connectivity index (χ1n) is 5.63. The zero-order chi connectivity index (χ0) is 10.5. The smallest absolute Gasteiger partial charge is 0.0578 e. The van der Waals surface area contributed by atoms with Gasteiger partial charge in [-0.05, 0) is 44.4 Å². The third-order valence-electron chi connectivity index (χ3n) is 2.95. The van der Waals surface area contributed by atoms with Crippen LogP contribution in [-0.2, 0) is 0 Å². The van der Waals surface area contributed by atoms with E-state index in [0.29, 0.717) is 6.04 Å². The van der Waals surface area contributed by atoms with E-state index in [0.717, 1.165) is 25.7 Å². The van der Waals surface area contributed by atoms with Gasteiger partial charge in [0.1, 0.15) is 0 Å². The molecule has 0 spiro atoms. The molecule has 78 valence electrons. The van der Waals surface area contributed by atoms with Crippen molar-refractivity contribution >= 4 is 0 Å². The summed E-state index contributed by atoms with van der Waals surface area (Å²) < 4.78 is 0. The van der Waals surface area contributed by atoms with E-state index in [1.807, 2.05) is 7.05 Å². The molecule has 0 saturated carbocycles. The second-order valence-corrected chi connectivity index (χ2v) is 3.97. The van der Waals surface area contributed by atoms with Crippen molar-refractivity contribution in [3.8, 4) is 0 Å². The molecule has 0 saturated heterocycles. The van der Waals surface area contributed by atoms with Crippen molar-refractivity contribution in [2.75, 3.05) is 7.05 Å². The Balaban J connectivity index is 2.24. The number of rotatable bonds is 3. The average Bonchev–Trinajstić information content (AvgIpc) is 2.33. The molecular formula is C14H17N. The van der Waals surface area contributed by atoms with Crippen molar-refractivity contribution in [3.05, 3.63) is 46.9 Å². The summed E-state index contributed by atoms with van der Waals surface area (Å²) in [6.07, 6.45) is 13.2. The number of nitrogens with one attached hydrogen (secondary N) is 1. The lowest BCUT2D eigenvalue weighted by molar-refractivity contribution is 0.654. The molecule has 1 heteroatoms. The van der Waals surface area contributed by atoms with Gasteiger partial charge in [0.15, 0.2) is 0 Å². The van der Waals surface area contributed by atoms with Gasteiger partial charge >= 0.3 is 0 Å². The zero-order valence-corrected chi connectivity index (χ0v) is 9.22. The van der Waals surface area contributed by atoms with Crippen LogP contribution in [0.3, 0.4) is 0 Å². The fraction of sp³-hybridized carbons (Fsp3) is 0.429. The summed E-state index contributed by atoms with van der Waals surface area (Å²) >= 11 is 0. The van der Waals surface area contributed by atoms with Crippen molar-refractivity contribution in [2.24, 2.45) is 0 Å². The Hall–Kier alpha value is -1.26. The molecule has 0 aliphatic heterocycles. The summed E-state index contributed by atoms with van der Waals surface area (Å²) in [5.41, 5.74) is 9.17. The van der Waals surface area contributed by atoms with Crippen LogP contribution in [0.15, 0.2) is 46.9 Å². The van der Waals surface area contributed by atoms with Gasteiger partial charge in [0.05, 0.1) is 6.04 Å². The maximum absolute atomic E-state index is 3.39. The zero-order valence-electron chi connectivity index (χ0n) is 9.22. The molecule has 0 fully saturated rings. The number of allylic oxidation sites excluding steroid dienone is 4. The first-order valence-corrected chi connectivity index (χ1v) is 5.63. The Morgan fingerprint density at radius 2 is 2.27 bits per heavy atom. The van der Waals surface area contributed by atoms with Crippen molar-refractivity contribution in [1.29, 1.82) is 0 Å². The van der Waals surface area contributed by atoms with Crippen LogP contribution in [0, 0.1) is 0 Å². The maximum Gasteiger partial charge on any atom is 0.0578 e. The van der Waals surface area contributed by atoms with Gasteiger partial charge < -0.3 is 5.32 Å². The lowest BCUT2D eigenvalue weighted by Crippen LogP contribution is -2.30. The highest BCUT2D eigenvalue weighted by Crippen LogP contribution is 2.23. The minimum absolute atomic E-state index is 0.371. The standard InChI is InChI=1S/C14H17N/c1-15-14(12-8-4-2-5-9-12)13-10-6-3-7-11-13/h2-4,8,14-15H,5-6,9-10H2,1H3. The van der Waals surface area contributed by atoms with Crippen LogP contribution in [0.1, 0.15) is 25.7 Å². The molecule has 1 nitrogen and oxygen atoms in total. The van der Waals surface area contributed by atoms with E-state index in [9.17, 15) is 0 Å². The van der Waals surface area contributed by atoms with Gasteiger partial charge in [-0.3, -0.25) is 0 Å². The van der Waals surface area contributed by atoms with Crippen LogP contribution in [0.25, 0.3) is 0 Å². The first-order chi connectivity index (χ1) is 7.42. The summed E-state index contributed by atoms with van der Waals surface area (Å²) in [6.45, 7) is 0. The molecular weight excluding hydrogens is 182 g/mol. The summed E-state index contributed by atoms with van der Waals surface area (Å²) in [5.74, 6) is 0. The molecule has 1 N–H and O–H groups in total. The molecule has 1 unspecified atom stereocenters. The lowest BCUT2D eigenvalue weighted by atomic mass is 9.90. The third kappa shape index (κ3) is 2.40. The van der Waals surface area contributed by atoms with Crippen molar-refractivity contribution in [1.82, 2.24) is 5.32 Å². The minimum Gasteiger partial charge on any atom is -0.309 e. The van der Waals surface area contributed by atoms with Gasteiger partial charge in [-0.15, -0.1) is 0 Å². The predicted octanol–water partition coefficient (Wildman–Crippen LogP) is 2.88. The molecule has 1 atom stereocenters. The fourth-order valence-corrected chi connectivity index (χ4v) is 2.17. The van der Waals surface area contributed by atoms with E-state index in [4.69, 9.17) is 0 Å². The number of likely N-dealkylation sites (N-methyl/N-ethyl adjacent to an activating group) is 1. The average molecular weight is 199 g/mol. The molecule has 2 rings (SSSR count). The van der Waals surface area contributed by atoms with Crippen molar-refractivity contribution in [2.45, 2.75) is 31.7 Å². The normalized spacial score (nSPS) is 21.1. The van der Waals surface area contributed by atoms with Gasteiger partial charge in [-0.25, -0.2) is 0 Å². The number of hydrogen-bond donors (Lipinski definition) is 1. The topological polar surface area (TPSA) is 12.0 Å². The molecule has 0 heterocycles. The van der Waals surface area contributed by atoms with Crippen LogP contribution in [0.2, 0.25) is 0 Å². The predicted molar refractivity (Wildman–Crippen MR) is 63.6 cm³/mol. The van der Waals surface area contributed by atoms with Crippen LogP contribution >= 0.6 is 0 Å². The monoisotopic (exact) mass is 199 g/mol. The second-order valence-electron chi connectivity index (χ2n) is 3.97. The molecule has 0 bridgehead atoms. The quantitative estimate of drug-likeness (QED) is 0.689. The molecule has 2 aliphatic rings. The Morgan fingerprint density at radius 3 is 2.87 bits per heavy atom. The Labute approximate surface area is 91.6 Å². The summed E-state index contributed by atoms with van der Waals surface area (Å²) in [5, 5.41) is 3.39. The van der Waals surface area contributed by atoms with Crippen molar-refractivity contribution in [3.63, 3.8) is 0 Å². The number of hydrogen-bond acceptors (Lipinski definition) is 1. The first kappa shape index (κ1) is 10.3. The van der Waals surface area contributed by atoms with E-state index in [1.165, 1.54) is 11.1 Å². The molecule has 0 aromatic carbocycles. The van der Waals surface area contributed by atoms with Crippen LogP contribution in [-0.4, -0.2) is 13.1 Å².